The predicted molar refractivity (Wildman–Crippen MR) is 131 cm³/mol. The fourth-order valence-corrected chi connectivity index (χ4v) is 7.91. The molecule has 2 saturated carbocycles. The summed E-state index contributed by atoms with van der Waals surface area (Å²) in [6, 6.07) is 3.17. The monoisotopic (exact) mass is 494 g/mol. The Morgan fingerprint density at radius 2 is 2.00 bits per heavy atom. The van der Waals surface area contributed by atoms with Gasteiger partial charge in [-0.3, -0.25) is 4.79 Å². The van der Waals surface area contributed by atoms with E-state index in [4.69, 9.17) is 4.74 Å². The zero-order valence-corrected chi connectivity index (χ0v) is 21.5. The lowest BCUT2D eigenvalue weighted by molar-refractivity contribution is -0.125. The van der Waals surface area contributed by atoms with Gasteiger partial charge in [0.05, 0.1) is 12.2 Å². The van der Waals surface area contributed by atoms with Crippen molar-refractivity contribution in [3.8, 4) is 0 Å². The van der Waals surface area contributed by atoms with E-state index in [2.05, 4.69) is 30.1 Å². The lowest BCUT2D eigenvalue weighted by atomic mass is 9.76. The van der Waals surface area contributed by atoms with Crippen LogP contribution in [0.25, 0.3) is 0 Å². The second-order valence-electron chi connectivity index (χ2n) is 11.4. The highest BCUT2D eigenvalue weighted by atomic mass is 32.1. The van der Waals surface area contributed by atoms with Crippen molar-refractivity contribution in [3.05, 3.63) is 21.4 Å². The molecule has 5 rings (SSSR count). The number of piperidine rings is 1. The molecule has 2 aliphatic carbocycles. The maximum Gasteiger partial charge on any atom is 0.248 e. The van der Waals surface area contributed by atoms with E-state index in [1.807, 2.05) is 11.3 Å². The number of ether oxygens (including phenoxy) is 1. The number of alkyl halides is 2. The predicted octanol–water partition coefficient (Wildman–Crippen LogP) is 5.67. The van der Waals surface area contributed by atoms with Crippen LogP contribution >= 0.6 is 11.3 Å². The number of carbonyl (C=O) groups excluding carboxylic acids is 1. The number of fused-ring (bicyclic) bond motifs is 2. The molecule has 0 aromatic carbocycles. The molecule has 3 heterocycles. The van der Waals surface area contributed by atoms with Gasteiger partial charge in [-0.2, -0.15) is 0 Å². The van der Waals surface area contributed by atoms with E-state index < -0.39 is 5.92 Å². The highest BCUT2D eigenvalue weighted by Crippen LogP contribution is 2.46. The van der Waals surface area contributed by atoms with Crippen LogP contribution in [0.3, 0.4) is 0 Å². The standard InChI is InChI=1S/C27H40F2N2O2S/c1-3-22-15-23-24(34-22)6-11-33-26(23)9-10-31(18(2)16-26)17-20-12-21(13-20)30-25(32)14-19-4-7-27(28,29)8-5-19/h15,18-21H,3-14,16-17H2,1-2H3,(H,30,32)/t18-,20-,21+,26+/m0/s1. The lowest BCUT2D eigenvalue weighted by Gasteiger charge is -2.49. The zero-order chi connectivity index (χ0) is 23.9. The van der Waals surface area contributed by atoms with E-state index in [0.717, 1.165) is 58.2 Å². The van der Waals surface area contributed by atoms with Gasteiger partial charge in [0, 0.05) is 60.6 Å². The molecule has 34 heavy (non-hydrogen) atoms. The lowest BCUT2D eigenvalue weighted by Crippen LogP contribution is -2.54. The third-order valence-corrected chi connectivity index (χ3v) is 10.2. The van der Waals surface area contributed by atoms with E-state index in [1.165, 1.54) is 10.4 Å². The van der Waals surface area contributed by atoms with Gasteiger partial charge in [-0.05, 0) is 75.3 Å². The number of likely N-dealkylation sites (tertiary alicyclic amines) is 1. The van der Waals surface area contributed by atoms with E-state index in [-0.39, 0.29) is 36.3 Å². The number of thiophene rings is 1. The van der Waals surface area contributed by atoms with E-state index in [0.29, 0.717) is 31.2 Å². The minimum absolute atomic E-state index is 0.0550. The topological polar surface area (TPSA) is 41.6 Å². The Kier molecular flexibility index (Phi) is 7.08. The van der Waals surface area contributed by atoms with Crippen molar-refractivity contribution in [1.29, 1.82) is 0 Å². The zero-order valence-electron chi connectivity index (χ0n) is 20.7. The van der Waals surface area contributed by atoms with Crippen LogP contribution in [0.1, 0.15) is 87.0 Å². The first-order chi connectivity index (χ1) is 16.2. The average molecular weight is 495 g/mol. The highest BCUT2D eigenvalue weighted by molar-refractivity contribution is 7.12. The number of aryl methyl sites for hydroxylation is 1. The summed E-state index contributed by atoms with van der Waals surface area (Å²) in [5.41, 5.74) is 1.38. The van der Waals surface area contributed by atoms with Crippen molar-refractivity contribution in [2.45, 2.75) is 108 Å². The molecule has 190 valence electrons. The Morgan fingerprint density at radius 1 is 1.24 bits per heavy atom. The number of hydrogen-bond acceptors (Lipinski definition) is 4. The van der Waals surface area contributed by atoms with Crippen molar-refractivity contribution < 1.29 is 18.3 Å². The summed E-state index contributed by atoms with van der Waals surface area (Å²) in [7, 11) is 0. The van der Waals surface area contributed by atoms with Gasteiger partial charge in [0.25, 0.3) is 0 Å². The smallest absolute Gasteiger partial charge is 0.248 e. The van der Waals surface area contributed by atoms with E-state index in [9.17, 15) is 13.6 Å². The van der Waals surface area contributed by atoms with Crippen LogP contribution in [-0.2, 0) is 28.0 Å². The van der Waals surface area contributed by atoms with Crippen LogP contribution in [0.15, 0.2) is 6.07 Å². The molecule has 1 spiro atoms. The number of nitrogens with zero attached hydrogens (tertiary/aromatic N) is 1. The number of nitrogens with one attached hydrogen (secondary N) is 1. The summed E-state index contributed by atoms with van der Waals surface area (Å²) in [4.78, 5) is 18.0. The molecule has 1 saturated heterocycles. The Labute approximate surface area is 206 Å². The molecule has 7 heteroatoms. The van der Waals surface area contributed by atoms with Gasteiger partial charge in [0.1, 0.15) is 0 Å². The molecular weight excluding hydrogens is 454 g/mol. The van der Waals surface area contributed by atoms with Gasteiger partial charge in [0.2, 0.25) is 11.8 Å². The average Bonchev–Trinajstić information content (AvgIpc) is 3.21. The van der Waals surface area contributed by atoms with Gasteiger partial charge < -0.3 is 15.0 Å². The van der Waals surface area contributed by atoms with Crippen molar-refractivity contribution in [1.82, 2.24) is 10.2 Å². The summed E-state index contributed by atoms with van der Waals surface area (Å²) >= 11 is 1.98. The van der Waals surface area contributed by atoms with Crippen LogP contribution in [0, 0.1) is 11.8 Å². The molecular formula is C27H40F2N2O2S. The number of amides is 1. The fraction of sp³-hybridized carbons (Fsp3) is 0.815. The highest BCUT2D eigenvalue weighted by Gasteiger charge is 2.45. The van der Waals surface area contributed by atoms with Crippen molar-refractivity contribution in [2.75, 3.05) is 19.7 Å². The first-order valence-electron chi connectivity index (χ1n) is 13.4. The molecule has 1 aromatic heterocycles. The van der Waals surface area contributed by atoms with Gasteiger partial charge in [-0.1, -0.05) is 6.92 Å². The molecule has 3 fully saturated rings. The van der Waals surface area contributed by atoms with Crippen LogP contribution in [0.2, 0.25) is 0 Å². The minimum atomic E-state index is -2.52. The second-order valence-corrected chi connectivity index (χ2v) is 12.6. The number of halogens is 2. The van der Waals surface area contributed by atoms with Crippen molar-refractivity contribution in [3.63, 3.8) is 0 Å². The summed E-state index contributed by atoms with van der Waals surface area (Å²) in [6.07, 6.45) is 7.58. The molecule has 1 aromatic rings. The second kappa shape index (κ2) is 9.78. The minimum Gasteiger partial charge on any atom is -0.370 e. The van der Waals surface area contributed by atoms with Crippen LogP contribution < -0.4 is 5.32 Å². The molecule has 1 N–H and O–H groups in total. The number of carbonyl (C=O) groups is 1. The van der Waals surface area contributed by atoms with Crippen molar-refractivity contribution in [2.24, 2.45) is 11.8 Å². The van der Waals surface area contributed by atoms with Crippen LogP contribution in [-0.4, -0.2) is 48.5 Å². The van der Waals surface area contributed by atoms with Crippen molar-refractivity contribution >= 4 is 17.2 Å². The largest absolute Gasteiger partial charge is 0.370 e. The van der Waals surface area contributed by atoms with Gasteiger partial charge >= 0.3 is 0 Å². The Bertz CT molecular complexity index is 874. The maximum atomic E-state index is 13.3. The normalized spacial score (nSPS) is 33.9. The van der Waals surface area contributed by atoms with Gasteiger partial charge in [-0.25, -0.2) is 8.78 Å². The quantitative estimate of drug-likeness (QED) is 0.554. The number of rotatable bonds is 6. The molecule has 4 aliphatic rings. The summed E-state index contributed by atoms with van der Waals surface area (Å²) < 4.78 is 33.1. The maximum absolute atomic E-state index is 13.3. The first kappa shape index (κ1) is 24.6. The fourth-order valence-electron chi connectivity index (χ4n) is 6.73. The first-order valence-corrected chi connectivity index (χ1v) is 14.2. The van der Waals surface area contributed by atoms with E-state index in [1.54, 1.807) is 4.88 Å². The van der Waals surface area contributed by atoms with E-state index >= 15 is 0 Å². The van der Waals surface area contributed by atoms with Gasteiger partial charge in [0.15, 0.2) is 0 Å². The summed E-state index contributed by atoms with van der Waals surface area (Å²) in [6.45, 7) is 7.59. The molecule has 0 bridgehead atoms. The number of hydrogen-bond donors (Lipinski definition) is 1. The molecule has 1 amide bonds. The van der Waals surface area contributed by atoms with Crippen LogP contribution in [0.4, 0.5) is 8.78 Å². The molecule has 4 nitrogen and oxygen atoms in total. The molecule has 0 radical (unpaired) electrons. The summed E-state index contributed by atoms with van der Waals surface area (Å²) in [5, 5.41) is 3.16. The molecule has 2 atom stereocenters. The Hall–Kier alpha value is -1.05. The third kappa shape index (κ3) is 5.22. The Morgan fingerprint density at radius 3 is 2.71 bits per heavy atom. The molecule has 2 aliphatic heterocycles. The van der Waals surface area contributed by atoms with Crippen LogP contribution in [0.5, 0.6) is 0 Å². The molecule has 0 unspecified atom stereocenters. The van der Waals surface area contributed by atoms with Gasteiger partial charge in [-0.15, -0.1) is 11.3 Å². The Balaban J connectivity index is 1.06. The summed E-state index contributed by atoms with van der Waals surface area (Å²) in [5.74, 6) is -1.71. The SMILES string of the molecule is CCc1cc2c(s1)CCO[C@@]21CCN(C[C@H]2C[C@@H](NC(=O)CC3CCC(F)(F)CC3)C2)[C@@H](C)C1. The third-order valence-electron chi connectivity index (χ3n) is 8.86.